The highest BCUT2D eigenvalue weighted by molar-refractivity contribution is 5.75. The summed E-state index contributed by atoms with van der Waals surface area (Å²) in [6.45, 7) is 5.90. The predicted molar refractivity (Wildman–Crippen MR) is 98.1 cm³/mol. The van der Waals surface area contributed by atoms with Crippen molar-refractivity contribution in [1.29, 1.82) is 0 Å². The monoisotopic (exact) mass is 348 g/mol. The molecule has 6 nitrogen and oxygen atoms in total. The van der Waals surface area contributed by atoms with Gasteiger partial charge in [-0.05, 0) is 11.0 Å². The van der Waals surface area contributed by atoms with Gasteiger partial charge in [-0.2, -0.15) is 0 Å². The number of urea groups is 1. The lowest BCUT2D eigenvalue weighted by molar-refractivity contribution is -0.144. The molecule has 0 radical (unpaired) electrons. The van der Waals surface area contributed by atoms with Crippen LogP contribution in [0.2, 0.25) is 0 Å². The molecule has 0 spiro atoms. The van der Waals surface area contributed by atoms with E-state index in [9.17, 15) is 9.59 Å². The SMILES string of the molecule is C[C@H](C(=O)O)C(C)(C)CNC(=O)N(CC=Cc1ccccc1)CCO. The molecule has 6 heteroatoms. The van der Waals surface area contributed by atoms with Gasteiger partial charge in [0.05, 0.1) is 12.5 Å². The molecule has 0 aliphatic carbocycles. The summed E-state index contributed by atoms with van der Waals surface area (Å²) in [6.07, 6.45) is 3.77. The number of amides is 2. The maximum Gasteiger partial charge on any atom is 0.317 e. The molecule has 0 bridgehead atoms. The van der Waals surface area contributed by atoms with Gasteiger partial charge in [0.2, 0.25) is 0 Å². The van der Waals surface area contributed by atoms with E-state index in [-0.39, 0.29) is 25.7 Å². The summed E-state index contributed by atoms with van der Waals surface area (Å²) < 4.78 is 0. The largest absolute Gasteiger partial charge is 0.481 e. The number of carboxylic acid groups (broad SMARTS) is 1. The minimum atomic E-state index is -0.891. The first kappa shape index (κ1) is 20.7. The van der Waals surface area contributed by atoms with Crippen LogP contribution in [0.5, 0.6) is 0 Å². The summed E-state index contributed by atoms with van der Waals surface area (Å²) >= 11 is 0. The summed E-state index contributed by atoms with van der Waals surface area (Å²) in [5.74, 6) is -1.48. The molecule has 0 saturated carbocycles. The molecule has 1 rings (SSSR count). The van der Waals surface area contributed by atoms with Crippen molar-refractivity contribution in [2.75, 3.05) is 26.2 Å². The average Bonchev–Trinajstić information content (AvgIpc) is 2.59. The molecule has 138 valence electrons. The van der Waals surface area contributed by atoms with Gasteiger partial charge in [-0.25, -0.2) is 4.79 Å². The number of aliphatic hydroxyl groups is 1. The maximum atomic E-state index is 12.3. The van der Waals surface area contributed by atoms with Crippen LogP contribution in [0.4, 0.5) is 4.79 Å². The quantitative estimate of drug-likeness (QED) is 0.639. The van der Waals surface area contributed by atoms with E-state index in [0.29, 0.717) is 6.54 Å². The number of rotatable bonds is 9. The molecule has 2 amide bonds. The first-order valence-electron chi connectivity index (χ1n) is 8.36. The van der Waals surface area contributed by atoms with Gasteiger partial charge < -0.3 is 20.4 Å². The van der Waals surface area contributed by atoms with Crippen molar-refractivity contribution >= 4 is 18.1 Å². The van der Waals surface area contributed by atoms with Crippen LogP contribution in [-0.2, 0) is 4.79 Å². The van der Waals surface area contributed by atoms with Crippen LogP contribution >= 0.6 is 0 Å². The third-order valence-electron chi connectivity index (χ3n) is 4.33. The second-order valence-electron chi connectivity index (χ2n) is 6.69. The Morgan fingerprint density at radius 2 is 1.92 bits per heavy atom. The van der Waals surface area contributed by atoms with Gasteiger partial charge in [-0.15, -0.1) is 0 Å². The van der Waals surface area contributed by atoms with Crippen LogP contribution in [0, 0.1) is 11.3 Å². The highest BCUT2D eigenvalue weighted by Crippen LogP contribution is 2.25. The molecule has 0 heterocycles. The molecule has 0 aliphatic rings. The topological polar surface area (TPSA) is 89.9 Å². The van der Waals surface area contributed by atoms with E-state index in [4.69, 9.17) is 10.2 Å². The summed E-state index contributed by atoms with van der Waals surface area (Å²) in [5, 5.41) is 21.1. The minimum absolute atomic E-state index is 0.137. The molecule has 1 aromatic carbocycles. The van der Waals surface area contributed by atoms with Crippen molar-refractivity contribution < 1.29 is 19.8 Å². The van der Waals surface area contributed by atoms with Crippen molar-refractivity contribution in [3.05, 3.63) is 42.0 Å². The van der Waals surface area contributed by atoms with Gasteiger partial charge in [0.15, 0.2) is 0 Å². The van der Waals surface area contributed by atoms with Gasteiger partial charge in [0.1, 0.15) is 0 Å². The van der Waals surface area contributed by atoms with Crippen LogP contribution in [0.1, 0.15) is 26.3 Å². The fourth-order valence-electron chi connectivity index (χ4n) is 2.18. The molecule has 1 aromatic rings. The Morgan fingerprint density at radius 3 is 2.48 bits per heavy atom. The van der Waals surface area contributed by atoms with Crippen molar-refractivity contribution in [2.24, 2.45) is 11.3 Å². The average molecular weight is 348 g/mol. The number of aliphatic hydroxyl groups excluding tert-OH is 1. The number of nitrogens with one attached hydrogen (secondary N) is 1. The van der Waals surface area contributed by atoms with E-state index >= 15 is 0 Å². The molecule has 0 aliphatic heterocycles. The van der Waals surface area contributed by atoms with Crippen molar-refractivity contribution in [3.8, 4) is 0 Å². The summed E-state index contributed by atoms with van der Waals surface area (Å²) in [7, 11) is 0. The maximum absolute atomic E-state index is 12.3. The molecular formula is C19H28N2O4. The Morgan fingerprint density at radius 1 is 1.28 bits per heavy atom. The van der Waals surface area contributed by atoms with Crippen molar-refractivity contribution in [2.45, 2.75) is 20.8 Å². The summed E-state index contributed by atoms with van der Waals surface area (Å²) in [6, 6.07) is 9.40. The minimum Gasteiger partial charge on any atom is -0.481 e. The second-order valence-corrected chi connectivity index (χ2v) is 6.69. The normalized spacial score (nSPS) is 12.8. The van der Waals surface area contributed by atoms with Crippen LogP contribution in [0.3, 0.4) is 0 Å². The number of carbonyl (C=O) groups excluding carboxylic acids is 1. The number of hydrogen-bond donors (Lipinski definition) is 3. The Kier molecular flexibility index (Phi) is 8.15. The van der Waals surface area contributed by atoms with Gasteiger partial charge in [-0.3, -0.25) is 4.79 Å². The summed E-state index contributed by atoms with van der Waals surface area (Å²) in [4.78, 5) is 25.0. The standard InChI is InChI=1S/C19H28N2O4/c1-15(17(23)24)19(2,3)14-20-18(25)21(12-13-22)11-7-10-16-8-5-4-6-9-16/h4-10,15,22H,11-14H2,1-3H3,(H,20,25)(H,23,24)/t15-/m1/s1. The van der Waals surface area contributed by atoms with Crippen molar-refractivity contribution in [1.82, 2.24) is 10.2 Å². The van der Waals surface area contributed by atoms with Gasteiger partial charge in [0.25, 0.3) is 0 Å². The van der Waals surface area contributed by atoms with Crippen LogP contribution < -0.4 is 5.32 Å². The zero-order chi connectivity index (χ0) is 18.9. The molecule has 0 aromatic heterocycles. The van der Waals surface area contributed by atoms with E-state index in [0.717, 1.165) is 5.56 Å². The zero-order valence-corrected chi connectivity index (χ0v) is 15.1. The lowest BCUT2D eigenvalue weighted by atomic mass is 9.80. The Labute approximate surface area is 149 Å². The zero-order valence-electron chi connectivity index (χ0n) is 15.1. The number of hydrogen-bond acceptors (Lipinski definition) is 3. The molecule has 1 atom stereocenters. The molecule has 3 N–H and O–H groups in total. The van der Waals surface area contributed by atoms with E-state index in [1.165, 1.54) is 4.90 Å². The lowest BCUT2D eigenvalue weighted by Gasteiger charge is -2.30. The molecule has 0 fully saturated rings. The third kappa shape index (κ3) is 6.97. The van der Waals surface area contributed by atoms with Gasteiger partial charge >= 0.3 is 12.0 Å². The lowest BCUT2D eigenvalue weighted by Crippen LogP contribution is -2.47. The first-order chi connectivity index (χ1) is 11.8. The highest BCUT2D eigenvalue weighted by atomic mass is 16.4. The highest BCUT2D eigenvalue weighted by Gasteiger charge is 2.32. The van der Waals surface area contributed by atoms with E-state index in [1.54, 1.807) is 20.8 Å². The Bertz CT molecular complexity index is 584. The third-order valence-corrected chi connectivity index (χ3v) is 4.33. The fourth-order valence-corrected chi connectivity index (χ4v) is 2.18. The molecule has 0 unspecified atom stereocenters. The Balaban J connectivity index is 2.61. The number of nitrogens with zero attached hydrogens (tertiary/aromatic N) is 1. The number of carboxylic acids is 1. The van der Waals surface area contributed by atoms with E-state index in [2.05, 4.69) is 5.32 Å². The number of carbonyl (C=O) groups is 2. The molecular weight excluding hydrogens is 320 g/mol. The van der Waals surface area contributed by atoms with Gasteiger partial charge in [0, 0.05) is 19.6 Å². The van der Waals surface area contributed by atoms with Crippen LogP contribution in [0.25, 0.3) is 6.08 Å². The van der Waals surface area contributed by atoms with Crippen molar-refractivity contribution in [3.63, 3.8) is 0 Å². The fraction of sp³-hybridized carbons (Fsp3) is 0.474. The Hall–Kier alpha value is -2.34. The first-order valence-corrected chi connectivity index (χ1v) is 8.36. The van der Waals surface area contributed by atoms with E-state index in [1.807, 2.05) is 42.5 Å². The van der Waals surface area contributed by atoms with Gasteiger partial charge in [-0.1, -0.05) is 63.3 Å². The molecule has 0 saturated heterocycles. The molecule has 25 heavy (non-hydrogen) atoms. The van der Waals surface area contributed by atoms with Crippen LogP contribution in [0.15, 0.2) is 36.4 Å². The summed E-state index contributed by atoms with van der Waals surface area (Å²) in [5.41, 5.74) is 0.454. The smallest absolute Gasteiger partial charge is 0.317 e. The number of benzene rings is 1. The number of aliphatic carboxylic acids is 1. The van der Waals surface area contributed by atoms with Crippen LogP contribution in [-0.4, -0.2) is 53.4 Å². The second kappa shape index (κ2) is 9.84. The van der Waals surface area contributed by atoms with E-state index < -0.39 is 17.3 Å². The predicted octanol–water partition coefficient (Wildman–Crippen LogP) is 2.45.